The molecule has 0 saturated carbocycles. The first-order valence-corrected chi connectivity index (χ1v) is 10.5. The van der Waals surface area contributed by atoms with Gasteiger partial charge in [-0.25, -0.2) is 4.79 Å². The van der Waals surface area contributed by atoms with Crippen LogP contribution in [-0.2, 0) is 4.79 Å². The molecule has 1 spiro atoms. The summed E-state index contributed by atoms with van der Waals surface area (Å²) in [5.74, 6) is 1.49. The number of nitrogens with one attached hydrogen (secondary N) is 1. The van der Waals surface area contributed by atoms with Crippen molar-refractivity contribution >= 4 is 35.1 Å². The molecular formula is C19H26N4O4S. The van der Waals surface area contributed by atoms with Crippen LogP contribution in [-0.4, -0.2) is 56.9 Å². The summed E-state index contributed by atoms with van der Waals surface area (Å²) in [7, 11) is 0. The summed E-state index contributed by atoms with van der Waals surface area (Å²) < 4.78 is 0. The van der Waals surface area contributed by atoms with Crippen LogP contribution < -0.4 is 5.32 Å². The summed E-state index contributed by atoms with van der Waals surface area (Å²) in [6, 6.07) is 5.58. The summed E-state index contributed by atoms with van der Waals surface area (Å²) >= 11 is 1.83. The number of thioether (sulfide) groups is 1. The highest BCUT2D eigenvalue weighted by atomic mass is 32.2. The number of benzene rings is 1. The van der Waals surface area contributed by atoms with Crippen LogP contribution in [0, 0.1) is 16.0 Å². The van der Waals surface area contributed by atoms with Gasteiger partial charge in [-0.3, -0.25) is 14.9 Å². The third-order valence-corrected chi connectivity index (χ3v) is 6.78. The molecule has 0 radical (unpaired) electrons. The number of nitrogens with zero attached hydrogens (tertiary/aromatic N) is 3. The number of rotatable bonds is 4. The minimum Gasteiger partial charge on any atom is -0.327 e. The lowest BCUT2D eigenvalue weighted by molar-refractivity contribution is -0.384. The fourth-order valence-corrected chi connectivity index (χ4v) is 5.24. The molecule has 0 atom stereocenters. The van der Waals surface area contributed by atoms with Crippen LogP contribution >= 0.6 is 11.8 Å². The maximum Gasteiger partial charge on any atom is 0.321 e. The van der Waals surface area contributed by atoms with Crippen LogP contribution in [0.5, 0.6) is 0 Å². The van der Waals surface area contributed by atoms with Crippen molar-refractivity contribution in [2.75, 3.05) is 30.7 Å². The summed E-state index contributed by atoms with van der Waals surface area (Å²) in [4.78, 5) is 39.0. The van der Waals surface area contributed by atoms with Gasteiger partial charge in [-0.15, -0.1) is 11.8 Å². The highest BCUT2D eigenvalue weighted by Crippen LogP contribution is 2.44. The quantitative estimate of drug-likeness (QED) is 0.609. The second kappa shape index (κ2) is 8.38. The number of hydrogen-bond acceptors (Lipinski definition) is 5. The summed E-state index contributed by atoms with van der Waals surface area (Å²) in [6.07, 6.45) is 2.08. The van der Waals surface area contributed by atoms with E-state index in [1.807, 2.05) is 16.7 Å². The Hall–Kier alpha value is -2.29. The van der Waals surface area contributed by atoms with E-state index >= 15 is 0 Å². The largest absolute Gasteiger partial charge is 0.327 e. The van der Waals surface area contributed by atoms with Crippen LogP contribution in [0.1, 0.15) is 33.1 Å². The Balaban J connectivity index is 1.57. The van der Waals surface area contributed by atoms with E-state index in [9.17, 15) is 19.7 Å². The number of likely N-dealkylation sites (tertiary alicyclic amines) is 1. The molecule has 0 aromatic heterocycles. The predicted octanol–water partition coefficient (Wildman–Crippen LogP) is 3.54. The number of carbonyl (C=O) groups is 2. The lowest BCUT2D eigenvalue weighted by atomic mass is 10.0. The second-order valence-electron chi connectivity index (χ2n) is 7.66. The van der Waals surface area contributed by atoms with Gasteiger partial charge in [0.25, 0.3) is 5.69 Å². The molecule has 0 aliphatic carbocycles. The summed E-state index contributed by atoms with van der Waals surface area (Å²) in [5, 5.41) is 13.5. The molecule has 1 aromatic carbocycles. The van der Waals surface area contributed by atoms with Gasteiger partial charge in [0, 0.05) is 49.6 Å². The van der Waals surface area contributed by atoms with E-state index < -0.39 is 4.92 Å². The number of nitro benzene ring substituents is 1. The van der Waals surface area contributed by atoms with Crippen LogP contribution in [0.4, 0.5) is 16.2 Å². The number of anilines is 1. The molecule has 0 unspecified atom stereocenters. The molecule has 2 heterocycles. The molecule has 3 amide bonds. The number of carbonyl (C=O) groups excluding carboxylic acids is 2. The number of amides is 3. The van der Waals surface area contributed by atoms with E-state index in [-0.39, 0.29) is 22.5 Å². The first-order valence-electron chi connectivity index (χ1n) is 9.55. The molecule has 8 nitrogen and oxygen atoms in total. The molecule has 2 aliphatic heterocycles. The van der Waals surface area contributed by atoms with Gasteiger partial charge >= 0.3 is 6.03 Å². The van der Waals surface area contributed by atoms with E-state index in [0.717, 1.165) is 25.1 Å². The van der Waals surface area contributed by atoms with Crippen molar-refractivity contribution in [3.05, 3.63) is 34.4 Å². The van der Waals surface area contributed by atoms with Crippen LogP contribution in [0.2, 0.25) is 0 Å². The number of urea groups is 1. The average Bonchev–Trinajstić information content (AvgIpc) is 3.05. The maximum absolute atomic E-state index is 12.6. The van der Waals surface area contributed by atoms with Crippen LogP contribution in [0.3, 0.4) is 0 Å². The topological polar surface area (TPSA) is 95.8 Å². The summed E-state index contributed by atoms with van der Waals surface area (Å²) in [6.45, 7) is 6.05. The highest BCUT2D eigenvalue weighted by molar-refractivity contribution is 8.00. The standard InChI is InChI=1S/C19H26N4O4S/c1-14(2)13-17(24)22-11-12-28-19(22)7-9-21(10-8-19)18(25)20-15-3-5-16(6-4-15)23(26)27/h3-6,14H,7-13H2,1-2H3,(H,20,25). The molecule has 3 rings (SSSR count). The molecule has 28 heavy (non-hydrogen) atoms. The molecule has 2 saturated heterocycles. The Morgan fingerprint density at radius 2 is 1.86 bits per heavy atom. The Morgan fingerprint density at radius 3 is 2.43 bits per heavy atom. The van der Waals surface area contributed by atoms with E-state index in [1.165, 1.54) is 24.3 Å². The number of hydrogen-bond donors (Lipinski definition) is 1. The van der Waals surface area contributed by atoms with Gasteiger partial charge in [0.1, 0.15) is 0 Å². The van der Waals surface area contributed by atoms with E-state index in [0.29, 0.717) is 31.1 Å². The smallest absolute Gasteiger partial charge is 0.321 e. The van der Waals surface area contributed by atoms with Crippen molar-refractivity contribution in [2.24, 2.45) is 5.92 Å². The van der Waals surface area contributed by atoms with Gasteiger partial charge in [0.2, 0.25) is 5.91 Å². The van der Waals surface area contributed by atoms with Gasteiger partial charge in [-0.1, -0.05) is 13.8 Å². The van der Waals surface area contributed by atoms with Crippen molar-refractivity contribution < 1.29 is 14.5 Å². The van der Waals surface area contributed by atoms with Crippen molar-refractivity contribution in [3.8, 4) is 0 Å². The Labute approximate surface area is 168 Å². The van der Waals surface area contributed by atoms with Crippen LogP contribution in [0.15, 0.2) is 24.3 Å². The number of non-ortho nitro benzene ring substituents is 1. The van der Waals surface area contributed by atoms with Gasteiger partial charge in [0.15, 0.2) is 0 Å². The fraction of sp³-hybridized carbons (Fsp3) is 0.579. The molecular weight excluding hydrogens is 380 g/mol. The molecule has 1 N–H and O–H groups in total. The van der Waals surface area contributed by atoms with Crippen molar-refractivity contribution in [3.63, 3.8) is 0 Å². The zero-order chi connectivity index (χ0) is 20.3. The molecule has 0 bridgehead atoms. The zero-order valence-corrected chi connectivity index (χ0v) is 17.0. The lowest BCUT2D eigenvalue weighted by Crippen LogP contribution is -2.54. The van der Waals surface area contributed by atoms with Gasteiger partial charge in [-0.2, -0.15) is 0 Å². The third-order valence-electron chi connectivity index (χ3n) is 5.22. The van der Waals surface area contributed by atoms with Gasteiger partial charge in [-0.05, 0) is 30.9 Å². The third kappa shape index (κ3) is 4.40. The van der Waals surface area contributed by atoms with Gasteiger partial charge < -0.3 is 15.1 Å². The van der Waals surface area contributed by atoms with Crippen LogP contribution in [0.25, 0.3) is 0 Å². The van der Waals surface area contributed by atoms with Crippen molar-refractivity contribution in [2.45, 2.75) is 38.0 Å². The minimum absolute atomic E-state index is 0.0117. The van der Waals surface area contributed by atoms with Crippen molar-refractivity contribution in [1.82, 2.24) is 9.80 Å². The molecule has 152 valence electrons. The molecule has 2 fully saturated rings. The maximum atomic E-state index is 12.6. The Bertz CT molecular complexity index is 745. The number of nitro groups is 1. The average molecular weight is 407 g/mol. The van der Waals surface area contributed by atoms with Crippen molar-refractivity contribution in [1.29, 1.82) is 0 Å². The first-order chi connectivity index (χ1) is 13.3. The molecule has 2 aliphatic rings. The van der Waals surface area contributed by atoms with E-state index in [1.54, 1.807) is 4.90 Å². The highest BCUT2D eigenvalue weighted by Gasteiger charge is 2.46. The zero-order valence-electron chi connectivity index (χ0n) is 16.2. The lowest BCUT2D eigenvalue weighted by Gasteiger charge is -2.44. The monoisotopic (exact) mass is 406 g/mol. The second-order valence-corrected chi connectivity index (χ2v) is 9.12. The Morgan fingerprint density at radius 1 is 1.21 bits per heavy atom. The Kier molecular flexibility index (Phi) is 6.12. The van der Waals surface area contributed by atoms with Gasteiger partial charge in [0.05, 0.1) is 9.79 Å². The minimum atomic E-state index is -0.471. The fourth-order valence-electron chi connectivity index (χ4n) is 3.76. The molecule has 1 aromatic rings. The van der Waals surface area contributed by atoms with E-state index in [4.69, 9.17) is 0 Å². The summed E-state index contributed by atoms with van der Waals surface area (Å²) in [5.41, 5.74) is 0.516. The molecule has 9 heteroatoms. The van der Waals surface area contributed by atoms with E-state index in [2.05, 4.69) is 19.2 Å². The first kappa shape index (κ1) is 20.4. The predicted molar refractivity (Wildman–Crippen MR) is 109 cm³/mol. The number of piperidine rings is 1. The normalized spacial score (nSPS) is 18.5. The SMILES string of the molecule is CC(C)CC(=O)N1CCSC12CCN(C(=O)Nc1ccc([N+](=O)[O-])cc1)CC2.